The van der Waals surface area contributed by atoms with Gasteiger partial charge in [0.05, 0.1) is 10.5 Å². The highest BCUT2D eigenvalue weighted by Crippen LogP contribution is 2.58. The van der Waals surface area contributed by atoms with Crippen LogP contribution in [0.25, 0.3) is 0 Å². The van der Waals surface area contributed by atoms with Crippen molar-refractivity contribution >= 4 is 35.3 Å². The van der Waals surface area contributed by atoms with Gasteiger partial charge in [-0.2, -0.15) is 0 Å². The van der Waals surface area contributed by atoms with Crippen molar-refractivity contribution in [2.45, 2.75) is 23.3 Å². The summed E-state index contributed by atoms with van der Waals surface area (Å²) in [4.78, 5) is 25.0. The minimum Gasteiger partial charge on any atom is -0.282 e. The number of nitrogens with zero attached hydrogens (tertiary/aromatic N) is 1. The van der Waals surface area contributed by atoms with Gasteiger partial charge in [0.25, 0.3) is 5.91 Å². The predicted octanol–water partition coefficient (Wildman–Crippen LogP) is 1.64. The molecule has 0 aromatic rings. The lowest BCUT2D eigenvalue weighted by atomic mass is 10.0. The first kappa shape index (κ1) is 10.7. The van der Waals surface area contributed by atoms with Crippen molar-refractivity contribution in [3.63, 3.8) is 0 Å². The first-order valence-electron chi connectivity index (χ1n) is 5.45. The summed E-state index contributed by atoms with van der Waals surface area (Å²) in [5, 5.41) is 0. The maximum absolute atomic E-state index is 12.0. The summed E-state index contributed by atoms with van der Waals surface area (Å²) < 4.78 is 0.0713. The van der Waals surface area contributed by atoms with Gasteiger partial charge in [-0.3, -0.25) is 14.5 Å². The minimum absolute atomic E-state index is 0.0434. The van der Waals surface area contributed by atoms with E-state index in [1.54, 1.807) is 7.05 Å². The molecule has 0 aromatic carbocycles. The van der Waals surface area contributed by atoms with Crippen LogP contribution in [0, 0.1) is 0 Å². The molecule has 1 fully saturated rings. The fraction of sp³-hybridized carbons (Fsp3) is 0.636. The van der Waals surface area contributed by atoms with E-state index in [1.165, 1.54) is 4.90 Å². The number of carbonyl (C=O) groups excluding carboxylic acids is 2. The van der Waals surface area contributed by atoms with Crippen LogP contribution in [-0.4, -0.2) is 39.3 Å². The van der Waals surface area contributed by atoms with Crippen molar-refractivity contribution in [1.82, 2.24) is 4.90 Å². The van der Waals surface area contributed by atoms with E-state index in [2.05, 4.69) is 0 Å². The van der Waals surface area contributed by atoms with E-state index in [0.717, 1.165) is 35.5 Å². The average molecular weight is 255 g/mol. The van der Waals surface area contributed by atoms with Crippen LogP contribution in [0.15, 0.2) is 11.1 Å². The Hall–Kier alpha value is -0.420. The lowest BCUT2D eigenvalue weighted by molar-refractivity contribution is -0.141. The van der Waals surface area contributed by atoms with Crippen LogP contribution in [0.3, 0.4) is 0 Å². The molecule has 1 saturated heterocycles. The summed E-state index contributed by atoms with van der Waals surface area (Å²) >= 11 is 3.85. The van der Waals surface area contributed by atoms with Crippen molar-refractivity contribution in [2.24, 2.45) is 0 Å². The fourth-order valence-electron chi connectivity index (χ4n) is 2.66. The van der Waals surface area contributed by atoms with Crippen LogP contribution in [0.5, 0.6) is 0 Å². The summed E-state index contributed by atoms with van der Waals surface area (Å²) in [6.45, 7) is 0. The van der Waals surface area contributed by atoms with Crippen LogP contribution in [-0.2, 0) is 9.59 Å². The Balaban J connectivity index is 2.04. The van der Waals surface area contributed by atoms with Crippen molar-refractivity contribution in [3.05, 3.63) is 11.1 Å². The Morgan fingerprint density at radius 1 is 1.25 bits per heavy atom. The van der Waals surface area contributed by atoms with Gasteiger partial charge in [0, 0.05) is 24.1 Å². The van der Waals surface area contributed by atoms with Crippen LogP contribution >= 0.6 is 23.5 Å². The van der Waals surface area contributed by atoms with Gasteiger partial charge in [0.15, 0.2) is 0 Å². The van der Waals surface area contributed by atoms with Crippen LogP contribution in [0.2, 0.25) is 0 Å². The first-order valence-corrected chi connectivity index (χ1v) is 7.42. The fourth-order valence-corrected chi connectivity index (χ4v) is 6.05. The molecule has 2 aliphatic heterocycles. The van der Waals surface area contributed by atoms with E-state index in [9.17, 15) is 9.59 Å². The third kappa shape index (κ3) is 1.31. The number of carbonyl (C=O) groups is 2. The van der Waals surface area contributed by atoms with E-state index in [0.29, 0.717) is 6.42 Å². The van der Waals surface area contributed by atoms with Crippen molar-refractivity contribution < 1.29 is 9.59 Å². The molecule has 0 saturated carbocycles. The quantitative estimate of drug-likeness (QED) is 0.617. The largest absolute Gasteiger partial charge is 0.282 e. The molecule has 3 nitrogen and oxygen atoms in total. The molecule has 0 radical (unpaired) electrons. The molecule has 1 aliphatic carbocycles. The molecule has 3 rings (SSSR count). The van der Waals surface area contributed by atoms with Gasteiger partial charge in [-0.05, 0) is 18.4 Å². The maximum Gasteiger partial charge on any atom is 0.256 e. The monoisotopic (exact) mass is 255 g/mol. The van der Waals surface area contributed by atoms with Crippen molar-refractivity contribution in [3.8, 4) is 0 Å². The van der Waals surface area contributed by atoms with Gasteiger partial charge >= 0.3 is 0 Å². The lowest BCUT2D eigenvalue weighted by Crippen LogP contribution is -2.39. The molecule has 3 aliphatic rings. The van der Waals surface area contributed by atoms with Crippen LogP contribution < -0.4 is 0 Å². The number of thioether (sulfide) groups is 2. The van der Waals surface area contributed by atoms with Gasteiger partial charge in [-0.25, -0.2) is 0 Å². The summed E-state index contributed by atoms with van der Waals surface area (Å²) in [5.41, 5.74) is 2.05. The molecular formula is C11H13NO2S2. The van der Waals surface area contributed by atoms with E-state index in [1.807, 2.05) is 23.5 Å². The normalized spacial score (nSPS) is 28.2. The molecule has 0 unspecified atom stereocenters. The Kier molecular flexibility index (Phi) is 2.37. The summed E-state index contributed by atoms with van der Waals surface area (Å²) in [7, 11) is 1.59. The van der Waals surface area contributed by atoms with Gasteiger partial charge in [-0.1, -0.05) is 0 Å². The van der Waals surface area contributed by atoms with Crippen LogP contribution in [0.4, 0.5) is 0 Å². The highest BCUT2D eigenvalue weighted by Gasteiger charge is 2.49. The van der Waals surface area contributed by atoms with Gasteiger partial charge in [0.1, 0.15) is 0 Å². The van der Waals surface area contributed by atoms with E-state index >= 15 is 0 Å². The smallest absolute Gasteiger partial charge is 0.256 e. The molecule has 2 amide bonds. The molecule has 16 heavy (non-hydrogen) atoms. The Bertz CT molecular complexity index is 410. The van der Waals surface area contributed by atoms with Crippen molar-refractivity contribution in [1.29, 1.82) is 0 Å². The van der Waals surface area contributed by atoms with E-state index in [-0.39, 0.29) is 15.9 Å². The Morgan fingerprint density at radius 2 is 1.94 bits per heavy atom. The highest BCUT2D eigenvalue weighted by atomic mass is 32.2. The molecular weight excluding hydrogens is 242 g/mol. The van der Waals surface area contributed by atoms with E-state index < -0.39 is 0 Å². The summed E-state index contributed by atoms with van der Waals surface area (Å²) in [6.07, 6.45) is 2.34. The predicted molar refractivity (Wildman–Crippen MR) is 66.3 cm³/mol. The third-order valence-electron chi connectivity index (χ3n) is 3.55. The topological polar surface area (TPSA) is 37.4 Å². The molecule has 5 heteroatoms. The first-order chi connectivity index (χ1) is 7.64. The second-order valence-corrected chi connectivity index (χ2v) is 7.39. The zero-order valence-electron chi connectivity index (χ0n) is 9.12. The summed E-state index contributed by atoms with van der Waals surface area (Å²) in [5.74, 6) is 2.17. The minimum atomic E-state index is -0.0591. The Labute approximate surface area is 103 Å². The van der Waals surface area contributed by atoms with Gasteiger partial charge < -0.3 is 0 Å². The zero-order valence-corrected chi connectivity index (χ0v) is 10.7. The number of amides is 2. The van der Waals surface area contributed by atoms with Crippen LogP contribution in [0.1, 0.15) is 19.3 Å². The van der Waals surface area contributed by atoms with Gasteiger partial charge in [-0.15, -0.1) is 23.5 Å². The maximum atomic E-state index is 12.0. The average Bonchev–Trinajstić information content (AvgIpc) is 2.86. The standard InChI is InChI=1S/C11H13NO2S2/c1-12-9(13)6-8-7(10(12)14)2-3-11(8)15-4-5-16-11/h2-6H2,1H3. The number of hydrogen-bond donors (Lipinski definition) is 0. The molecule has 86 valence electrons. The Morgan fingerprint density at radius 3 is 2.62 bits per heavy atom. The second kappa shape index (κ2) is 3.53. The summed E-state index contributed by atoms with van der Waals surface area (Å²) in [6, 6.07) is 0. The molecule has 1 spiro atoms. The van der Waals surface area contributed by atoms with E-state index in [4.69, 9.17) is 0 Å². The number of likely N-dealkylation sites (N-methyl/N-ethyl adjacent to an activating group) is 1. The number of rotatable bonds is 0. The molecule has 0 bridgehead atoms. The highest BCUT2D eigenvalue weighted by molar-refractivity contribution is 8.21. The lowest BCUT2D eigenvalue weighted by Gasteiger charge is -2.29. The van der Waals surface area contributed by atoms with Gasteiger partial charge in [0.2, 0.25) is 5.91 Å². The second-order valence-electron chi connectivity index (χ2n) is 4.34. The molecule has 0 aromatic heterocycles. The molecule has 0 atom stereocenters. The number of fused-ring (bicyclic) bond motifs is 1. The number of hydrogen-bond acceptors (Lipinski definition) is 4. The SMILES string of the molecule is CN1C(=O)CC2=C(CCC23SCCS3)C1=O. The molecule has 2 heterocycles. The zero-order chi connectivity index (χ0) is 11.3. The van der Waals surface area contributed by atoms with Crippen molar-refractivity contribution in [2.75, 3.05) is 18.6 Å². The molecule has 0 N–H and O–H groups in total. The number of imide groups is 1. The third-order valence-corrected chi connectivity index (χ3v) is 7.16.